The number of guanidine groups is 1. The van der Waals surface area contributed by atoms with Crippen LogP contribution in [0.5, 0.6) is 11.5 Å². The Kier molecular flexibility index (Phi) is 10.0. The van der Waals surface area contributed by atoms with Crippen molar-refractivity contribution in [1.82, 2.24) is 14.8 Å². The molecular weight excluding hydrogens is 515 g/mol. The Morgan fingerprint density at radius 3 is 2.63 bits per heavy atom. The van der Waals surface area contributed by atoms with Crippen LogP contribution in [-0.4, -0.2) is 47.7 Å². The van der Waals surface area contributed by atoms with E-state index in [0.717, 1.165) is 29.5 Å². The first-order chi connectivity index (χ1) is 14.2. The summed E-state index contributed by atoms with van der Waals surface area (Å²) in [5, 5.41) is 12.9. The molecule has 1 aromatic heterocycles. The van der Waals surface area contributed by atoms with E-state index in [4.69, 9.17) is 15.2 Å². The van der Waals surface area contributed by atoms with Gasteiger partial charge in [0, 0.05) is 30.8 Å². The molecule has 1 heterocycles. The maximum absolute atomic E-state index is 6.03. The quantitative estimate of drug-likeness (QED) is 0.161. The van der Waals surface area contributed by atoms with E-state index in [-0.39, 0.29) is 24.0 Å². The average Bonchev–Trinajstić information content (AvgIpc) is 3.40. The number of ether oxygens (including phenoxy) is 2. The topological polar surface area (TPSA) is 99.6 Å². The van der Waals surface area contributed by atoms with Gasteiger partial charge in [0.2, 0.25) is 0 Å². The highest BCUT2D eigenvalue weighted by Crippen LogP contribution is 2.33. The Morgan fingerprint density at radius 1 is 1.23 bits per heavy atom. The molecule has 0 saturated heterocycles. The number of nitrogens with two attached hydrogens (primary N) is 1. The zero-order valence-electron chi connectivity index (χ0n) is 17.8. The van der Waals surface area contributed by atoms with Gasteiger partial charge in [0.25, 0.3) is 0 Å². The van der Waals surface area contributed by atoms with Crippen molar-refractivity contribution >= 4 is 47.4 Å². The maximum atomic E-state index is 6.03. The van der Waals surface area contributed by atoms with Crippen LogP contribution in [0.25, 0.3) is 0 Å². The summed E-state index contributed by atoms with van der Waals surface area (Å²) in [5.74, 6) is 2.74. The monoisotopic (exact) mass is 546 g/mol. The summed E-state index contributed by atoms with van der Waals surface area (Å²) in [6.45, 7) is 0.623. The molecule has 0 aliphatic heterocycles. The molecule has 2 aromatic rings. The molecule has 0 unspecified atom stereocenters. The summed E-state index contributed by atoms with van der Waals surface area (Å²) < 4.78 is 12.9. The molecule has 1 saturated carbocycles. The molecule has 1 aromatic carbocycles. The summed E-state index contributed by atoms with van der Waals surface area (Å²) in [7, 11) is 3.21. The van der Waals surface area contributed by atoms with Crippen LogP contribution in [-0.2, 0) is 6.42 Å². The lowest BCUT2D eigenvalue weighted by atomic mass is 10.2. The molecule has 1 aliphatic rings. The average molecular weight is 546 g/mol. The van der Waals surface area contributed by atoms with Crippen LogP contribution in [0.2, 0.25) is 0 Å². The fraction of sp³-hybridized carbons (Fsp3) is 0.550. The van der Waals surface area contributed by atoms with Crippen molar-refractivity contribution in [3.8, 4) is 11.5 Å². The molecule has 3 rings (SSSR count). The second kappa shape index (κ2) is 12.2. The van der Waals surface area contributed by atoms with Crippen LogP contribution in [0.3, 0.4) is 0 Å². The first-order valence-corrected chi connectivity index (χ1v) is 11.2. The van der Waals surface area contributed by atoms with E-state index < -0.39 is 0 Å². The molecule has 3 N–H and O–H groups in total. The van der Waals surface area contributed by atoms with Gasteiger partial charge in [-0.2, -0.15) is 0 Å². The first kappa shape index (κ1) is 24.6. The molecule has 1 fully saturated rings. The number of aliphatic imine (C=N–C) groups is 1. The second-order valence-electron chi connectivity index (χ2n) is 6.98. The minimum absolute atomic E-state index is 0. The van der Waals surface area contributed by atoms with Gasteiger partial charge < -0.3 is 25.1 Å². The number of methoxy groups -OCH3 is 2. The number of aryl methyl sites for hydroxylation is 1. The highest BCUT2D eigenvalue weighted by Gasteiger charge is 2.23. The molecule has 10 heteroatoms. The van der Waals surface area contributed by atoms with Crippen molar-refractivity contribution in [3.05, 3.63) is 24.0 Å². The fourth-order valence-electron chi connectivity index (χ4n) is 3.68. The number of aromatic nitrogens is 3. The van der Waals surface area contributed by atoms with Gasteiger partial charge in [-0.05, 0) is 37.7 Å². The highest BCUT2D eigenvalue weighted by atomic mass is 127. The molecule has 0 amide bonds. The van der Waals surface area contributed by atoms with E-state index in [1.807, 2.05) is 18.2 Å². The van der Waals surface area contributed by atoms with Crippen LogP contribution in [0.15, 0.2) is 28.3 Å². The molecule has 166 valence electrons. The summed E-state index contributed by atoms with van der Waals surface area (Å²) in [4.78, 5) is 4.44. The zero-order valence-corrected chi connectivity index (χ0v) is 20.9. The number of benzene rings is 1. The van der Waals surface area contributed by atoms with Crippen molar-refractivity contribution in [2.24, 2.45) is 10.7 Å². The Morgan fingerprint density at radius 2 is 1.97 bits per heavy atom. The molecule has 0 bridgehead atoms. The number of thioether (sulfide) groups is 1. The van der Waals surface area contributed by atoms with Crippen LogP contribution in [0.1, 0.15) is 44.0 Å². The van der Waals surface area contributed by atoms with E-state index in [0.29, 0.717) is 30.0 Å². The van der Waals surface area contributed by atoms with Gasteiger partial charge in [-0.1, -0.05) is 24.6 Å². The highest BCUT2D eigenvalue weighted by molar-refractivity contribution is 14.0. The second-order valence-corrected chi connectivity index (χ2v) is 7.75. The third-order valence-corrected chi connectivity index (χ3v) is 5.75. The Balaban J connectivity index is 0.00000320. The lowest BCUT2D eigenvalue weighted by Gasteiger charge is -2.16. The Hall–Kier alpha value is -1.69. The van der Waals surface area contributed by atoms with Crippen molar-refractivity contribution in [3.63, 3.8) is 0 Å². The number of nitrogens with one attached hydrogen (secondary N) is 1. The van der Waals surface area contributed by atoms with Crippen molar-refractivity contribution in [1.29, 1.82) is 0 Å². The van der Waals surface area contributed by atoms with Gasteiger partial charge in [-0.25, -0.2) is 0 Å². The SMILES string of the molecule is COc1ccc(NC(N)=NCCCc2nnc(SC)n2C2CCCC2)cc1OC.I. The van der Waals surface area contributed by atoms with Crippen LogP contribution < -0.4 is 20.5 Å². The molecule has 30 heavy (non-hydrogen) atoms. The maximum Gasteiger partial charge on any atom is 0.193 e. The van der Waals surface area contributed by atoms with E-state index >= 15 is 0 Å². The lowest BCUT2D eigenvalue weighted by Crippen LogP contribution is -2.23. The molecule has 8 nitrogen and oxygen atoms in total. The van der Waals surface area contributed by atoms with Crippen LogP contribution in [0, 0.1) is 0 Å². The standard InChI is InChI=1S/C20H30N6O2S.HI/c1-27-16-11-10-14(13-17(16)28-2)23-19(21)22-12-6-9-18-24-25-20(29-3)26(18)15-7-4-5-8-15;/h10-11,13,15H,4-9,12H2,1-3H3,(H3,21,22,23);1H. The normalized spacial score (nSPS) is 14.4. The molecule has 0 spiro atoms. The van der Waals surface area contributed by atoms with Crippen molar-refractivity contribution < 1.29 is 9.47 Å². The van der Waals surface area contributed by atoms with Gasteiger partial charge in [-0.15, -0.1) is 34.2 Å². The summed E-state index contributed by atoms with van der Waals surface area (Å²) >= 11 is 1.67. The third kappa shape index (κ3) is 6.16. The predicted octanol–water partition coefficient (Wildman–Crippen LogP) is 4.11. The van der Waals surface area contributed by atoms with Gasteiger partial charge >= 0.3 is 0 Å². The molecule has 1 aliphatic carbocycles. The van der Waals surface area contributed by atoms with Crippen LogP contribution in [0.4, 0.5) is 5.69 Å². The van der Waals surface area contributed by atoms with E-state index in [9.17, 15) is 0 Å². The number of hydrogen-bond acceptors (Lipinski definition) is 6. The third-order valence-electron chi connectivity index (χ3n) is 5.10. The Bertz CT molecular complexity index is 839. The predicted molar refractivity (Wildman–Crippen MR) is 133 cm³/mol. The van der Waals surface area contributed by atoms with E-state index in [1.54, 1.807) is 26.0 Å². The van der Waals surface area contributed by atoms with Crippen LogP contribution >= 0.6 is 35.7 Å². The van der Waals surface area contributed by atoms with E-state index in [1.165, 1.54) is 25.7 Å². The van der Waals surface area contributed by atoms with E-state index in [2.05, 4.69) is 31.3 Å². The minimum Gasteiger partial charge on any atom is -0.493 e. The van der Waals surface area contributed by atoms with Crippen molar-refractivity contribution in [2.75, 3.05) is 32.3 Å². The zero-order chi connectivity index (χ0) is 20.6. The summed E-state index contributed by atoms with van der Waals surface area (Å²) in [5.41, 5.74) is 6.83. The number of hydrogen-bond donors (Lipinski definition) is 2. The van der Waals surface area contributed by atoms with Gasteiger partial charge in [0.05, 0.1) is 14.2 Å². The number of anilines is 1. The van der Waals surface area contributed by atoms with Crippen molar-refractivity contribution in [2.45, 2.75) is 49.7 Å². The van der Waals surface area contributed by atoms with Gasteiger partial charge in [0.15, 0.2) is 22.6 Å². The lowest BCUT2D eigenvalue weighted by molar-refractivity contribution is 0.355. The van der Waals surface area contributed by atoms with Gasteiger partial charge in [0.1, 0.15) is 5.82 Å². The molecule has 0 atom stereocenters. The Labute approximate surface area is 199 Å². The fourth-order valence-corrected chi connectivity index (χ4v) is 4.26. The number of halogens is 1. The van der Waals surface area contributed by atoms with Gasteiger partial charge in [-0.3, -0.25) is 4.99 Å². The largest absolute Gasteiger partial charge is 0.493 e. The minimum atomic E-state index is 0. The molecular formula is C20H31IN6O2S. The summed E-state index contributed by atoms with van der Waals surface area (Å²) in [6.07, 6.45) is 8.80. The summed E-state index contributed by atoms with van der Waals surface area (Å²) in [6, 6.07) is 6.07. The number of nitrogens with zero attached hydrogens (tertiary/aromatic N) is 4. The number of rotatable bonds is 9. The smallest absolute Gasteiger partial charge is 0.193 e. The molecule has 0 radical (unpaired) electrons. The first-order valence-electron chi connectivity index (χ1n) is 9.93.